The van der Waals surface area contributed by atoms with Gasteiger partial charge in [-0.25, -0.2) is 0 Å². The second-order valence-corrected chi connectivity index (χ2v) is 6.60. The second kappa shape index (κ2) is 7.68. The van der Waals surface area contributed by atoms with E-state index in [1.807, 2.05) is 24.3 Å². The lowest BCUT2D eigenvalue weighted by molar-refractivity contribution is -0.00453. The van der Waals surface area contributed by atoms with E-state index >= 15 is 0 Å². The molecule has 1 aromatic rings. The number of aliphatic hydroxyl groups is 1. The Bertz CT molecular complexity index is 369. The molecule has 0 saturated heterocycles. The molecule has 0 aliphatic heterocycles. The van der Waals surface area contributed by atoms with Crippen molar-refractivity contribution in [2.24, 2.45) is 11.8 Å². The minimum Gasteiger partial charge on any atom is -0.494 e. The summed E-state index contributed by atoms with van der Waals surface area (Å²) in [6.45, 7) is 11.5. The van der Waals surface area contributed by atoms with E-state index in [4.69, 9.17) is 4.74 Å². The zero-order valence-electron chi connectivity index (χ0n) is 13.6. The average molecular weight is 278 g/mol. The minimum absolute atomic E-state index is 0.467. The van der Waals surface area contributed by atoms with Gasteiger partial charge in [0.15, 0.2) is 0 Å². The van der Waals surface area contributed by atoms with Gasteiger partial charge < -0.3 is 9.84 Å². The van der Waals surface area contributed by atoms with Gasteiger partial charge >= 0.3 is 0 Å². The first-order valence-corrected chi connectivity index (χ1v) is 7.83. The van der Waals surface area contributed by atoms with E-state index in [0.29, 0.717) is 11.8 Å². The lowest BCUT2D eigenvalue weighted by Crippen LogP contribution is -2.29. The molecule has 0 aliphatic carbocycles. The molecule has 1 aromatic carbocycles. The summed E-state index contributed by atoms with van der Waals surface area (Å²) in [5.41, 5.74) is 0.273. The molecule has 0 aliphatic rings. The standard InChI is InChI=1S/C18H30O2/c1-6-11-20-17-9-7-16(8-10-17)18(19,12-14(2)3)13-15(4)5/h7-10,14-15,19H,6,11-13H2,1-5H3. The number of hydrogen-bond acceptors (Lipinski definition) is 2. The molecule has 0 spiro atoms. The highest BCUT2D eigenvalue weighted by Crippen LogP contribution is 2.35. The molecule has 0 amide bonds. The average Bonchev–Trinajstić information content (AvgIpc) is 2.35. The van der Waals surface area contributed by atoms with Crippen LogP contribution in [0.4, 0.5) is 0 Å². The van der Waals surface area contributed by atoms with Gasteiger partial charge in [0.1, 0.15) is 5.75 Å². The van der Waals surface area contributed by atoms with Crippen LogP contribution in [0.25, 0.3) is 0 Å². The molecule has 0 radical (unpaired) electrons. The van der Waals surface area contributed by atoms with Gasteiger partial charge in [0, 0.05) is 0 Å². The summed E-state index contributed by atoms with van der Waals surface area (Å²) in [7, 11) is 0. The molecule has 20 heavy (non-hydrogen) atoms. The van der Waals surface area contributed by atoms with Crippen molar-refractivity contribution in [1.29, 1.82) is 0 Å². The normalized spacial score (nSPS) is 12.2. The highest BCUT2D eigenvalue weighted by atomic mass is 16.5. The lowest BCUT2D eigenvalue weighted by atomic mass is 9.80. The Balaban J connectivity index is 2.90. The van der Waals surface area contributed by atoms with E-state index in [9.17, 15) is 5.11 Å². The molecule has 2 nitrogen and oxygen atoms in total. The van der Waals surface area contributed by atoms with Crippen LogP contribution >= 0.6 is 0 Å². The number of benzene rings is 1. The number of rotatable bonds is 8. The van der Waals surface area contributed by atoms with Crippen LogP contribution in [0.2, 0.25) is 0 Å². The topological polar surface area (TPSA) is 29.5 Å². The molecular weight excluding hydrogens is 248 g/mol. The molecule has 1 rings (SSSR count). The Morgan fingerprint density at radius 3 is 1.90 bits per heavy atom. The molecule has 0 unspecified atom stereocenters. The summed E-state index contributed by atoms with van der Waals surface area (Å²) in [5.74, 6) is 1.82. The highest BCUT2D eigenvalue weighted by Gasteiger charge is 2.31. The highest BCUT2D eigenvalue weighted by molar-refractivity contribution is 5.31. The minimum atomic E-state index is -0.731. The van der Waals surface area contributed by atoms with Gasteiger partial charge in [-0.2, -0.15) is 0 Å². The molecule has 0 atom stereocenters. The van der Waals surface area contributed by atoms with Crippen molar-refractivity contribution < 1.29 is 9.84 Å². The van der Waals surface area contributed by atoms with Crippen molar-refractivity contribution in [3.05, 3.63) is 29.8 Å². The predicted molar refractivity (Wildman–Crippen MR) is 85.0 cm³/mol. The van der Waals surface area contributed by atoms with Crippen molar-refractivity contribution in [3.8, 4) is 5.75 Å². The fourth-order valence-corrected chi connectivity index (χ4v) is 2.75. The van der Waals surface area contributed by atoms with Gasteiger partial charge in [-0.1, -0.05) is 46.8 Å². The zero-order chi connectivity index (χ0) is 15.2. The van der Waals surface area contributed by atoms with Crippen LogP contribution in [0.3, 0.4) is 0 Å². The first kappa shape index (κ1) is 17.0. The quantitative estimate of drug-likeness (QED) is 0.743. The van der Waals surface area contributed by atoms with E-state index in [1.165, 1.54) is 0 Å². The molecule has 0 heterocycles. The molecule has 0 aromatic heterocycles. The van der Waals surface area contributed by atoms with Gasteiger partial charge in [0.25, 0.3) is 0 Å². The molecule has 114 valence electrons. The molecule has 0 saturated carbocycles. The lowest BCUT2D eigenvalue weighted by Gasteiger charge is -2.32. The van der Waals surface area contributed by atoms with Crippen LogP contribution in [0.1, 0.15) is 59.4 Å². The number of hydrogen-bond donors (Lipinski definition) is 1. The third kappa shape index (κ3) is 5.16. The van der Waals surface area contributed by atoms with E-state index in [1.54, 1.807) is 0 Å². The van der Waals surface area contributed by atoms with Crippen LogP contribution in [-0.4, -0.2) is 11.7 Å². The second-order valence-electron chi connectivity index (χ2n) is 6.60. The molecule has 0 fully saturated rings. The van der Waals surface area contributed by atoms with Gasteiger partial charge in [-0.3, -0.25) is 0 Å². The fraction of sp³-hybridized carbons (Fsp3) is 0.667. The first-order chi connectivity index (χ1) is 9.37. The van der Waals surface area contributed by atoms with E-state index in [0.717, 1.165) is 37.2 Å². The molecule has 2 heteroatoms. The third-order valence-corrected chi connectivity index (χ3v) is 3.36. The van der Waals surface area contributed by atoms with Gasteiger partial charge in [-0.15, -0.1) is 0 Å². The van der Waals surface area contributed by atoms with Crippen molar-refractivity contribution in [2.75, 3.05) is 6.61 Å². The summed E-state index contributed by atoms with van der Waals surface area (Å²) >= 11 is 0. The third-order valence-electron chi connectivity index (χ3n) is 3.36. The maximum atomic E-state index is 11.0. The summed E-state index contributed by atoms with van der Waals surface area (Å²) in [4.78, 5) is 0. The van der Waals surface area contributed by atoms with Crippen molar-refractivity contribution in [2.45, 2.75) is 59.5 Å². The largest absolute Gasteiger partial charge is 0.494 e. The molecular formula is C18H30O2. The monoisotopic (exact) mass is 278 g/mol. The fourth-order valence-electron chi connectivity index (χ4n) is 2.75. The Hall–Kier alpha value is -1.02. The van der Waals surface area contributed by atoms with E-state index in [2.05, 4.69) is 34.6 Å². The van der Waals surface area contributed by atoms with Gasteiger partial charge in [0.05, 0.1) is 12.2 Å². The SMILES string of the molecule is CCCOc1ccc(C(O)(CC(C)C)CC(C)C)cc1. The van der Waals surface area contributed by atoms with E-state index < -0.39 is 5.60 Å². The van der Waals surface area contributed by atoms with Crippen LogP contribution in [-0.2, 0) is 5.60 Å². The summed E-state index contributed by atoms with van der Waals surface area (Å²) in [5, 5.41) is 11.0. The Morgan fingerprint density at radius 2 is 1.50 bits per heavy atom. The molecule has 0 bridgehead atoms. The maximum absolute atomic E-state index is 11.0. The summed E-state index contributed by atoms with van der Waals surface area (Å²) in [6, 6.07) is 7.96. The summed E-state index contributed by atoms with van der Waals surface area (Å²) < 4.78 is 5.60. The van der Waals surface area contributed by atoms with Gasteiger partial charge in [-0.05, 0) is 48.8 Å². The smallest absolute Gasteiger partial charge is 0.119 e. The molecule has 1 N–H and O–H groups in total. The van der Waals surface area contributed by atoms with Gasteiger partial charge in [0.2, 0.25) is 0 Å². The zero-order valence-corrected chi connectivity index (χ0v) is 13.6. The first-order valence-electron chi connectivity index (χ1n) is 7.83. The van der Waals surface area contributed by atoms with Crippen LogP contribution in [0.15, 0.2) is 24.3 Å². The Labute approximate surface area is 124 Å². The summed E-state index contributed by atoms with van der Waals surface area (Å²) in [6.07, 6.45) is 2.59. The Kier molecular flexibility index (Phi) is 6.54. The van der Waals surface area contributed by atoms with Crippen molar-refractivity contribution in [3.63, 3.8) is 0 Å². The van der Waals surface area contributed by atoms with Crippen LogP contribution < -0.4 is 4.74 Å². The predicted octanol–water partition coefficient (Wildman–Crippen LogP) is 4.76. The maximum Gasteiger partial charge on any atom is 0.119 e. The van der Waals surface area contributed by atoms with E-state index in [-0.39, 0.29) is 0 Å². The Morgan fingerprint density at radius 1 is 1.00 bits per heavy atom. The van der Waals surface area contributed by atoms with Crippen molar-refractivity contribution in [1.82, 2.24) is 0 Å². The van der Waals surface area contributed by atoms with Crippen LogP contribution in [0.5, 0.6) is 5.75 Å². The van der Waals surface area contributed by atoms with Crippen LogP contribution in [0, 0.1) is 11.8 Å². The van der Waals surface area contributed by atoms with Crippen molar-refractivity contribution >= 4 is 0 Å². The number of ether oxygens (including phenoxy) is 1.